The molecular formula is C15H32N2. The summed E-state index contributed by atoms with van der Waals surface area (Å²) < 4.78 is 0. The molecule has 1 N–H and O–H groups in total. The molecule has 0 radical (unpaired) electrons. The molecule has 1 aliphatic carbocycles. The predicted octanol–water partition coefficient (Wildman–Crippen LogP) is 3.27. The Kier molecular flexibility index (Phi) is 5.46. The molecule has 1 saturated carbocycles. The lowest BCUT2D eigenvalue weighted by molar-refractivity contribution is 0.133. The molecule has 0 aromatic carbocycles. The lowest BCUT2D eigenvalue weighted by Gasteiger charge is -2.38. The summed E-state index contributed by atoms with van der Waals surface area (Å²) in [5.74, 6) is 0. The van der Waals surface area contributed by atoms with Gasteiger partial charge in [-0.05, 0) is 51.6 Å². The van der Waals surface area contributed by atoms with Crippen molar-refractivity contribution >= 4 is 0 Å². The molecule has 3 unspecified atom stereocenters. The van der Waals surface area contributed by atoms with Crippen LogP contribution in [0.1, 0.15) is 60.3 Å². The highest BCUT2D eigenvalue weighted by atomic mass is 15.2. The van der Waals surface area contributed by atoms with Gasteiger partial charge in [0.15, 0.2) is 0 Å². The van der Waals surface area contributed by atoms with Gasteiger partial charge in [0, 0.05) is 18.1 Å². The summed E-state index contributed by atoms with van der Waals surface area (Å²) in [5, 5.41) is 3.79. The van der Waals surface area contributed by atoms with Gasteiger partial charge in [0.1, 0.15) is 0 Å². The highest BCUT2D eigenvalue weighted by Crippen LogP contribution is 2.40. The van der Waals surface area contributed by atoms with Gasteiger partial charge in [-0.3, -0.25) is 4.90 Å². The zero-order valence-electron chi connectivity index (χ0n) is 12.7. The van der Waals surface area contributed by atoms with Crippen molar-refractivity contribution in [3.8, 4) is 0 Å². The summed E-state index contributed by atoms with van der Waals surface area (Å²) in [6.45, 7) is 12.9. The van der Waals surface area contributed by atoms with Crippen LogP contribution in [0.2, 0.25) is 0 Å². The number of nitrogens with zero attached hydrogens (tertiary/aromatic N) is 1. The van der Waals surface area contributed by atoms with Crippen LogP contribution in [0.25, 0.3) is 0 Å². The molecule has 0 heterocycles. The minimum Gasteiger partial charge on any atom is -0.312 e. The Morgan fingerprint density at radius 3 is 2.53 bits per heavy atom. The Morgan fingerprint density at radius 1 is 1.35 bits per heavy atom. The molecule has 1 aliphatic rings. The third kappa shape index (κ3) is 3.45. The molecule has 0 aliphatic heterocycles. The van der Waals surface area contributed by atoms with Crippen molar-refractivity contribution in [2.45, 2.75) is 78.4 Å². The van der Waals surface area contributed by atoms with Crippen LogP contribution < -0.4 is 5.32 Å². The Balaban J connectivity index is 2.70. The lowest BCUT2D eigenvalue weighted by atomic mass is 9.86. The molecule has 0 spiro atoms. The van der Waals surface area contributed by atoms with E-state index in [1.807, 2.05) is 0 Å². The molecule has 0 saturated heterocycles. The smallest absolute Gasteiger partial charge is 0.0274 e. The van der Waals surface area contributed by atoms with Gasteiger partial charge >= 0.3 is 0 Å². The molecule has 2 nitrogen and oxygen atoms in total. The van der Waals surface area contributed by atoms with Crippen molar-refractivity contribution in [2.24, 2.45) is 5.41 Å². The second-order valence-corrected chi connectivity index (χ2v) is 6.45. The van der Waals surface area contributed by atoms with Crippen molar-refractivity contribution in [3.05, 3.63) is 0 Å². The van der Waals surface area contributed by atoms with Crippen LogP contribution in [0.3, 0.4) is 0 Å². The number of nitrogens with one attached hydrogen (secondary N) is 1. The molecule has 17 heavy (non-hydrogen) atoms. The van der Waals surface area contributed by atoms with E-state index in [1.54, 1.807) is 0 Å². The molecule has 1 fully saturated rings. The Hall–Kier alpha value is -0.0800. The third-order valence-electron chi connectivity index (χ3n) is 4.73. The van der Waals surface area contributed by atoms with Crippen LogP contribution in [0, 0.1) is 5.41 Å². The van der Waals surface area contributed by atoms with Gasteiger partial charge in [-0.15, -0.1) is 0 Å². The number of hydrogen-bond acceptors (Lipinski definition) is 2. The van der Waals surface area contributed by atoms with Crippen LogP contribution in [0.15, 0.2) is 0 Å². The van der Waals surface area contributed by atoms with Crippen LogP contribution in [0.5, 0.6) is 0 Å². The van der Waals surface area contributed by atoms with Crippen molar-refractivity contribution in [2.75, 3.05) is 13.6 Å². The Bertz CT molecular complexity index is 225. The Labute approximate surface area is 108 Å². The van der Waals surface area contributed by atoms with Gasteiger partial charge in [0.05, 0.1) is 0 Å². The monoisotopic (exact) mass is 240 g/mol. The van der Waals surface area contributed by atoms with Gasteiger partial charge in [-0.1, -0.05) is 27.7 Å². The van der Waals surface area contributed by atoms with Crippen molar-refractivity contribution in [1.82, 2.24) is 10.2 Å². The molecule has 1 rings (SSSR count). The van der Waals surface area contributed by atoms with Crippen LogP contribution in [-0.4, -0.2) is 36.6 Å². The summed E-state index contributed by atoms with van der Waals surface area (Å²) in [7, 11) is 2.31. The SMILES string of the molecule is CCCNC1C(N(C)C(C)CC)CCC1(C)C. The molecule has 0 aromatic rings. The van der Waals surface area contributed by atoms with E-state index in [9.17, 15) is 0 Å². The van der Waals surface area contributed by atoms with E-state index in [0.29, 0.717) is 23.5 Å². The van der Waals surface area contributed by atoms with E-state index in [4.69, 9.17) is 0 Å². The highest BCUT2D eigenvalue weighted by Gasteiger charge is 2.43. The van der Waals surface area contributed by atoms with Gasteiger partial charge in [0.25, 0.3) is 0 Å². The standard InChI is InChI=1S/C15H32N2/c1-7-11-16-14-13(9-10-15(14,4)5)17(6)12(3)8-2/h12-14,16H,7-11H2,1-6H3. The minimum atomic E-state index is 0.446. The minimum absolute atomic E-state index is 0.446. The number of rotatable bonds is 6. The lowest BCUT2D eigenvalue weighted by Crippen LogP contribution is -2.52. The van der Waals surface area contributed by atoms with Gasteiger partial charge in [-0.25, -0.2) is 0 Å². The van der Waals surface area contributed by atoms with Crippen LogP contribution in [-0.2, 0) is 0 Å². The van der Waals surface area contributed by atoms with E-state index >= 15 is 0 Å². The molecular weight excluding hydrogens is 208 g/mol. The summed E-state index contributed by atoms with van der Waals surface area (Å²) in [6.07, 6.45) is 5.16. The molecule has 0 aromatic heterocycles. The zero-order valence-corrected chi connectivity index (χ0v) is 12.7. The maximum Gasteiger partial charge on any atom is 0.0274 e. The molecule has 0 bridgehead atoms. The fraction of sp³-hybridized carbons (Fsp3) is 1.00. The largest absolute Gasteiger partial charge is 0.312 e. The van der Waals surface area contributed by atoms with Crippen molar-refractivity contribution in [1.29, 1.82) is 0 Å². The molecule has 102 valence electrons. The summed E-state index contributed by atoms with van der Waals surface area (Å²) in [6, 6.07) is 2.06. The average molecular weight is 240 g/mol. The predicted molar refractivity (Wildman–Crippen MR) is 76.4 cm³/mol. The fourth-order valence-corrected chi connectivity index (χ4v) is 3.13. The first-order valence-corrected chi connectivity index (χ1v) is 7.39. The second kappa shape index (κ2) is 6.19. The van der Waals surface area contributed by atoms with E-state index in [2.05, 4.69) is 51.9 Å². The zero-order chi connectivity index (χ0) is 13.1. The molecule has 2 heteroatoms. The normalized spacial score (nSPS) is 29.8. The topological polar surface area (TPSA) is 15.3 Å². The number of likely N-dealkylation sites (N-methyl/N-ethyl adjacent to an activating group) is 1. The maximum absolute atomic E-state index is 3.79. The quantitative estimate of drug-likeness (QED) is 0.766. The first-order valence-electron chi connectivity index (χ1n) is 7.39. The molecule has 0 amide bonds. The Morgan fingerprint density at radius 2 is 2.00 bits per heavy atom. The van der Waals surface area contributed by atoms with Crippen LogP contribution in [0.4, 0.5) is 0 Å². The van der Waals surface area contributed by atoms with E-state index in [-0.39, 0.29) is 0 Å². The summed E-state index contributed by atoms with van der Waals surface area (Å²) >= 11 is 0. The number of hydrogen-bond donors (Lipinski definition) is 1. The van der Waals surface area contributed by atoms with E-state index in [1.165, 1.54) is 25.7 Å². The highest BCUT2D eigenvalue weighted by molar-refractivity contribution is 5.01. The van der Waals surface area contributed by atoms with Gasteiger partial charge in [0.2, 0.25) is 0 Å². The fourth-order valence-electron chi connectivity index (χ4n) is 3.13. The first kappa shape index (κ1) is 15.0. The maximum atomic E-state index is 3.79. The van der Waals surface area contributed by atoms with Crippen LogP contribution >= 0.6 is 0 Å². The van der Waals surface area contributed by atoms with Gasteiger partial charge in [-0.2, -0.15) is 0 Å². The second-order valence-electron chi connectivity index (χ2n) is 6.45. The van der Waals surface area contributed by atoms with Crippen molar-refractivity contribution < 1.29 is 0 Å². The van der Waals surface area contributed by atoms with Gasteiger partial charge < -0.3 is 5.32 Å². The van der Waals surface area contributed by atoms with E-state index < -0.39 is 0 Å². The summed E-state index contributed by atoms with van der Waals surface area (Å²) in [4.78, 5) is 2.60. The summed E-state index contributed by atoms with van der Waals surface area (Å²) in [5.41, 5.74) is 0.446. The van der Waals surface area contributed by atoms with Crippen molar-refractivity contribution in [3.63, 3.8) is 0 Å². The average Bonchev–Trinajstić information content (AvgIpc) is 2.60. The molecule has 3 atom stereocenters. The first-order chi connectivity index (χ1) is 7.94. The van der Waals surface area contributed by atoms with E-state index in [0.717, 1.165) is 6.54 Å². The third-order valence-corrected chi connectivity index (χ3v) is 4.73.